The number of carbonyl (C=O) groups excluding carboxylic acids is 1. The fraction of sp³-hybridized carbons (Fsp3) is 0.667. The Morgan fingerprint density at radius 1 is 1.33 bits per heavy atom. The number of aliphatic hydroxyl groups is 5. The fourth-order valence-electron chi connectivity index (χ4n) is 0.905. The third-order valence-corrected chi connectivity index (χ3v) is 1.83. The normalized spacial score (nSPS) is 22.1. The summed E-state index contributed by atoms with van der Waals surface area (Å²) in [5, 5.41) is 45.2. The Labute approximate surface area is 88.5 Å². The summed E-state index contributed by atoms with van der Waals surface area (Å²) in [6.07, 6.45) is -8.01. The first-order valence-corrected chi connectivity index (χ1v) is 4.28. The van der Waals surface area contributed by atoms with Crippen molar-refractivity contribution in [2.75, 3.05) is 6.61 Å². The minimum Gasteiger partial charge on any atom is -0.394 e. The molecule has 0 aliphatic carbocycles. The lowest BCUT2D eigenvalue weighted by Crippen LogP contribution is -2.48. The summed E-state index contributed by atoms with van der Waals surface area (Å²) in [4.78, 5) is 11.2. The third-order valence-electron chi connectivity index (χ3n) is 1.83. The van der Waals surface area contributed by atoms with E-state index in [1.54, 1.807) is 0 Å². The van der Waals surface area contributed by atoms with E-state index in [4.69, 9.17) is 11.6 Å². The van der Waals surface area contributed by atoms with E-state index in [-0.39, 0.29) is 0 Å². The van der Waals surface area contributed by atoms with E-state index in [1.165, 1.54) is 0 Å². The summed E-state index contributed by atoms with van der Waals surface area (Å²) in [5.41, 5.74) is 0. The Kier molecular flexibility index (Phi) is 5.44. The van der Waals surface area contributed by atoms with Crippen molar-refractivity contribution in [3.05, 3.63) is 12.7 Å². The number of hydrogen-bond acceptors (Lipinski definition) is 6. The Morgan fingerprint density at radius 2 is 1.87 bits per heavy atom. The highest BCUT2D eigenvalue weighted by molar-refractivity contribution is 5.84. The van der Waals surface area contributed by atoms with E-state index in [2.05, 4.69) is 6.58 Å². The van der Waals surface area contributed by atoms with E-state index in [0.717, 1.165) is 6.08 Å². The zero-order valence-electron chi connectivity index (χ0n) is 9.02. The van der Waals surface area contributed by atoms with Crippen LogP contribution in [0.4, 0.5) is 0 Å². The van der Waals surface area contributed by atoms with Crippen molar-refractivity contribution >= 4 is 5.78 Å². The molecule has 0 aromatic carbocycles. The Morgan fingerprint density at radius 3 is 2.27 bits per heavy atom. The standard InChI is InChI=1S/C9H16O6/c1-2-3-5(11)7(13)9(15)8(14)6(12)4-10/h2,6-10,12-15H,1,3-4H2/t6-,7-,8-,9-/m1/s1/i3D/t3?,6-,7-,8-,9-. The highest BCUT2D eigenvalue weighted by Crippen LogP contribution is 2.07. The van der Waals surface area contributed by atoms with Crippen molar-refractivity contribution in [1.29, 1.82) is 0 Å². The summed E-state index contributed by atoms with van der Waals surface area (Å²) < 4.78 is 7.11. The Balaban J connectivity index is 4.54. The van der Waals surface area contributed by atoms with Gasteiger partial charge in [0, 0.05) is 7.77 Å². The van der Waals surface area contributed by atoms with Gasteiger partial charge < -0.3 is 25.5 Å². The van der Waals surface area contributed by atoms with Crippen LogP contribution in [0.15, 0.2) is 12.7 Å². The number of hydrogen-bond donors (Lipinski definition) is 5. The highest BCUT2D eigenvalue weighted by Gasteiger charge is 2.33. The second kappa shape index (κ2) is 6.65. The number of Topliss-reactive ketones (excluding diaryl/α,β-unsaturated/α-hetero) is 1. The topological polar surface area (TPSA) is 118 Å². The first-order valence-electron chi connectivity index (χ1n) is 4.86. The second-order valence-electron chi connectivity index (χ2n) is 2.98. The molecule has 6 nitrogen and oxygen atoms in total. The average Bonchev–Trinajstić information content (AvgIpc) is 2.32. The van der Waals surface area contributed by atoms with Gasteiger partial charge in [-0.3, -0.25) is 4.79 Å². The summed E-state index contributed by atoms with van der Waals surface area (Å²) >= 11 is 0. The van der Waals surface area contributed by atoms with Crippen molar-refractivity contribution in [2.24, 2.45) is 0 Å². The molecular weight excluding hydrogens is 204 g/mol. The van der Waals surface area contributed by atoms with Gasteiger partial charge in [-0.1, -0.05) is 6.08 Å². The molecule has 0 rings (SSSR count). The fourth-order valence-corrected chi connectivity index (χ4v) is 0.905. The largest absolute Gasteiger partial charge is 0.394 e. The van der Waals surface area contributed by atoms with Gasteiger partial charge in [-0.2, -0.15) is 0 Å². The van der Waals surface area contributed by atoms with Crippen LogP contribution in [0.3, 0.4) is 0 Å². The molecule has 0 aliphatic rings. The summed E-state index contributed by atoms with van der Waals surface area (Å²) in [6, 6.07) is 0. The average molecular weight is 221 g/mol. The van der Waals surface area contributed by atoms with Crippen molar-refractivity contribution in [3.8, 4) is 0 Å². The first-order chi connectivity index (χ1) is 7.36. The maximum Gasteiger partial charge on any atom is 0.167 e. The van der Waals surface area contributed by atoms with Crippen LogP contribution < -0.4 is 0 Å². The number of aliphatic hydroxyl groups excluding tert-OH is 5. The lowest BCUT2D eigenvalue weighted by Gasteiger charge is -2.24. The van der Waals surface area contributed by atoms with Gasteiger partial charge in [-0.05, 0) is 0 Å². The molecule has 0 heterocycles. The van der Waals surface area contributed by atoms with Gasteiger partial charge in [-0.15, -0.1) is 6.58 Å². The monoisotopic (exact) mass is 221 g/mol. The van der Waals surface area contributed by atoms with Crippen LogP contribution in [0.1, 0.15) is 7.77 Å². The minimum atomic E-state index is -2.02. The second-order valence-corrected chi connectivity index (χ2v) is 2.98. The molecule has 0 spiro atoms. The SMILES string of the molecule is [2H]C(C=C)C(=O)[C@@H](O)[C@@H](O)[C@H](O)[C@H](O)CO. The highest BCUT2D eigenvalue weighted by atomic mass is 16.4. The van der Waals surface area contributed by atoms with E-state index in [1.807, 2.05) is 0 Å². The van der Waals surface area contributed by atoms with E-state index in [9.17, 15) is 20.1 Å². The van der Waals surface area contributed by atoms with E-state index < -0.39 is 43.2 Å². The molecular formula is C9H16O6. The van der Waals surface area contributed by atoms with Crippen molar-refractivity contribution < 1.29 is 31.7 Å². The quantitative estimate of drug-likeness (QED) is 0.305. The van der Waals surface area contributed by atoms with Crippen molar-refractivity contribution in [1.82, 2.24) is 0 Å². The van der Waals surface area contributed by atoms with Crippen LogP contribution in [0, 0.1) is 0 Å². The van der Waals surface area contributed by atoms with Gasteiger partial charge in [0.15, 0.2) is 5.78 Å². The van der Waals surface area contributed by atoms with Gasteiger partial charge in [0.1, 0.15) is 24.4 Å². The molecule has 0 saturated carbocycles. The molecule has 1 unspecified atom stereocenters. The number of ketones is 1. The van der Waals surface area contributed by atoms with Crippen molar-refractivity contribution in [3.63, 3.8) is 0 Å². The molecule has 5 N–H and O–H groups in total. The van der Waals surface area contributed by atoms with Gasteiger partial charge in [-0.25, -0.2) is 0 Å². The van der Waals surface area contributed by atoms with Crippen LogP contribution in [0.25, 0.3) is 0 Å². The molecule has 0 aliphatic heterocycles. The number of rotatable bonds is 7. The molecule has 0 aromatic rings. The van der Waals surface area contributed by atoms with Gasteiger partial charge in [0.25, 0.3) is 0 Å². The molecule has 0 saturated heterocycles. The third kappa shape index (κ3) is 4.06. The van der Waals surface area contributed by atoms with Gasteiger partial charge >= 0.3 is 0 Å². The van der Waals surface area contributed by atoms with E-state index in [0.29, 0.717) is 0 Å². The Bertz CT molecular complexity index is 246. The molecule has 88 valence electrons. The molecule has 0 fully saturated rings. The van der Waals surface area contributed by atoms with Crippen LogP contribution in [0.5, 0.6) is 0 Å². The summed E-state index contributed by atoms with van der Waals surface area (Å²) in [6.45, 7) is 2.34. The maximum atomic E-state index is 11.2. The van der Waals surface area contributed by atoms with Gasteiger partial charge in [0.05, 0.1) is 6.61 Å². The summed E-state index contributed by atoms with van der Waals surface area (Å²) in [5.74, 6) is -1.05. The number of allylic oxidation sites excluding steroid dienone is 1. The Hall–Kier alpha value is -0.790. The predicted molar refractivity (Wildman–Crippen MR) is 50.9 cm³/mol. The van der Waals surface area contributed by atoms with Crippen LogP contribution >= 0.6 is 0 Å². The smallest absolute Gasteiger partial charge is 0.167 e. The molecule has 0 amide bonds. The van der Waals surface area contributed by atoms with E-state index >= 15 is 0 Å². The number of carbonyl (C=O) groups is 1. The lowest BCUT2D eigenvalue weighted by atomic mass is 9.99. The lowest BCUT2D eigenvalue weighted by molar-refractivity contribution is -0.146. The molecule has 6 heteroatoms. The molecule has 0 aromatic heterocycles. The zero-order chi connectivity index (χ0) is 12.9. The zero-order valence-corrected chi connectivity index (χ0v) is 8.02. The first kappa shape index (κ1) is 12.3. The predicted octanol–water partition coefficient (Wildman–Crippen LogP) is -2.43. The van der Waals surface area contributed by atoms with Crippen LogP contribution in [-0.4, -0.2) is 62.3 Å². The summed E-state index contributed by atoms with van der Waals surface area (Å²) in [7, 11) is 0. The molecule has 0 bridgehead atoms. The molecule has 0 radical (unpaired) electrons. The van der Waals surface area contributed by atoms with Gasteiger partial charge in [0.2, 0.25) is 0 Å². The van der Waals surface area contributed by atoms with Crippen LogP contribution in [0.2, 0.25) is 0 Å². The molecule has 5 atom stereocenters. The van der Waals surface area contributed by atoms with Crippen LogP contribution in [-0.2, 0) is 4.79 Å². The molecule has 15 heavy (non-hydrogen) atoms. The minimum absolute atomic E-state index is 0.828. The maximum absolute atomic E-state index is 11.2. The van der Waals surface area contributed by atoms with Crippen molar-refractivity contribution in [2.45, 2.75) is 30.8 Å².